The van der Waals surface area contributed by atoms with E-state index in [1.54, 1.807) is 18.3 Å². The van der Waals surface area contributed by atoms with E-state index in [4.69, 9.17) is 0 Å². The molecular formula is C14H18N4O2. The summed E-state index contributed by atoms with van der Waals surface area (Å²) in [5.74, 6) is 0.264. The molecule has 6 heteroatoms. The lowest BCUT2D eigenvalue weighted by atomic mass is 10.2. The Labute approximate surface area is 117 Å². The van der Waals surface area contributed by atoms with Crippen LogP contribution < -0.4 is 5.32 Å². The Morgan fingerprint density at radius 1 is 1.45 bits per heavy atom. The molecule has 2 heterocycles. The molecular weight excluding hydrogens is 256 g/mol. The highest BCUT2D eigenvalue weighted by molar-refractivity contribution is 5.89. The van der Waals surface area contributed by atoms with Gasteiger partial charge in [-0.15, -0.1) is 0 Å². The predicted molar refractivity (Wildman–Crippen MR) is 75.6 cm³/mol. The number of esters is 1. The molecule has 0 aliphatic heterocycles. The third kappa shape index (κ3) is 2.79. The van der Waals surface area contributed by atoms with Gasteiger partial charge in [0.2, 0.25) is 0 Å². The molecule has 0 aliphatic carbocycles. The van der Waals surface area contributed by atoms with Crippen molar-refractivity contribution in [1.29, 1.82) is 0 Å². The zero-order valence-electron chi connectivity index (χ0n) is 12.1. The molecule has 2 aromatic heterocycles. The van der Waals surface area contributed by atoms with Crippen LogP contribution in [0.1, 0.15) is 27.3 Å². The van der Waals surface area contributed by atoms with Crippen molar-refractivity contribution in [2.45, 2.75) is 20.4 Å². The van der Waals surface area contributed by atoms with E-state index in [9.17, 15) is 4.79 Å². The molecule has 0 unspecified atom stereocenters. The van der Waals surface area contributed by atoms with Gasteiger partial charge in [0.1, 0.15) is 5.82 Å². The summed E-state index contributed by atoms with van der Waals surface area (Å²) < 4.78 is 6.54. The summed E-state index contributed by atoms with van der Waals surface area (Å²) in [4.78, 5) is 15.7. The fourth-order valence-electron chi connectivity index (χ4n) is 2.02. The number of aromatic nitrogens is 3. The summed E-state index contributed by atoms with van der Waals surface area (Å²) in [5.41, 5.74) is 3.71. The van der Waals surface area contributed by atoms with Crippen molar-refractivity contribution in [3.05, 3.63) is 40.8 Å². The lowest BCUT2D eigenvalue weighted by molar-refractivity contribution is 0.0600. The van der Waals surface area contributed by atoms with Crippen molar-refractivity contribution in [3.63, 3.8) is 0 Å². The number of carbonyl (C=O) groups excluding carboxylic acids is 1. The summed E-state index contributed by atoms with van der Waals surface area (Å²) in [5, 5.41) is 7.57. The summed E-state index contributed by atoms with van der Waals surface area (Å²) in [6.45, 7) is 4.61. The van der Waals surface area contributed by atoms with Crippen LogP contribution >= 0.6 is 0 Å². The van der Waals surface area contributed by atoms with Gasteiger partial charge in [-0.2, -0.15) is 5.10 Å². The quantitative estimate of drug-likeness (QED) is 0.861. The molecule has 0 fully saturated rings. The van der Waals surface area contributed by atoms with Crippen LogP contribution in [0.15, 0.2) is 18.3 Å². The van der Waals surface area contributed by atoms with Crippen LogP contribution in [-0.4, -0.2) is 27.8 Å². The first-order valence-electron chi connectivity index (χ1n) is 6.30. The third-order valence-electron chi connectivity index (χ3n) is 3.29. The van der Waals surface area contributed by atoms with E-state index in [-0.39, 0.29) is 5.97 Å². The second-order valence-corrected chi connectivity index (χ2v) is 4.55. The first kappa shape index (κ1) is 14.0. The maximum absolute atomic E-state index is 11.5. The van der Waals surface area contributed by atoms with Crippen LogP contribution in [-0.2, 0) is 18.3 Å². The summed E-state index contributed by atoms with van der Waals surface area (Å²) in [6.07, 6.45) is 1.58. The predicted octanol–water partition coefficient (Wildman–Crippen LogP) is 1.83. The fraction of sp³-hybridized carbons (Fsp3) is 0.357. The Morgan fingerprint density at radius 3 is 2.80 bits per heavy atom. The Bertz CT molecular complexity index is 634. The second-order valence-electron chi connectivity index (χ2n) is 4.55. The highest BCUT2D eigenvalue weighted by Crippen LogP contribution is 2.15. The van der Waals surface area contributed by atoms with Crippen LogP contribution in [0.25, 0.3) is 0 Å². The highest BCUT2D eigenvalue weighted by Gasteiger charge is 2.10. The summed E-state index contributed by atoms with van der Waals surface area (Å²) in [6, 6.07) is 3.30. The standard InChI is InChI=1S/C14H18N4O2/c1-9-12(10(2)18(3)17-9)8-16-13-7-11(5-6-15-13)14(19)20-4/h5-7H,8H2,1-4H3,(H,15,16). The number of pyridine rings is 1. The van der Waals surface area contributed by atoms with Gasteiger partial charge in [0.05, 0.1) is 18.4 Å². The average molecular weight is 274 g/mol. The average Bonchev–Trinajstić information content (AvgIpc) is 2.69. The van der Waals surface area contributed by atoms with E-state index in [0.717, 1.165) is 17.0 Å². The number of ether oxygens (including phenoxy) is 1. The van der Waals surface area contributed by atoms with Gasteiger partial charge in [0.25, 0.3) is 0 Å². The molecule has 0 spiro atoms. The van der Waals surface area contributed by atoms with E-state index < -0.39 is 0 Å². The van der Waals surface area contributed by atoms with Crippen LogP contribution in [0.2, 0.25) is 0 Å². The fourth-order valence-corrected chi connectivity index (χ4v) is 2.02. The zero-order valence-corrected chi connectivity index (χ0v) is 12.1. The minimum Gasteiger partial charge on any atom is -0.465 e. The van der Waals surface area contributed by atoms with Crippen molar-refractivity contribution < 1.29 is 9.53 Å². The van der Waals surface area contributed by atoms with E-state index in [2.05, 4.69) is 20.1 Å². The molecule has 0 amide bonds. The number of aryl methyl sites for hydroxylation is 2. The lowest BCUT2D eigenvalue weighted by Gasteiger charge is -2.07. The highest BCUT2D eigenvalue weighted by atomic mass is 16.5. The molecule has 0 radical (unpaired) electrons. The molecule has 6 nitrogen and oxygen atoms in total. The lowest BCUT2D eigenvalue weighted by Crippen LogP contribution is -2.06. The smallest absolute Gasteiger partial charge is 0.338 e. The zero-order chi connectivity index (χ0) is 14.7. The van der Waals surface area contributed by atoms with Gasteiger partial charge in [0.15, 0.2) is 0 Å². The molecule has 0 atom stereocenters. The summed E-state index contributed by atoms with van der Waals surface area (Å²) >= 11 is 0. The minimum absolute atomic E-state index is 0.371. The van der Waals surface area contributed by atoms with Gasteiger partial charge in [0, 0.05) is 31.0 Å². The SMILES string of the molecule is COC(=O)c1ccnc(NCc2c(C)nn(C)c2C)c1. The summed E-state index contributed by atoms with van der Waals surface area (Å²) in [7, 11) is 3.28. The van der Waals surface area contributed by atoms with Crippen molar-refractivity contribution in [3.8, 4) is 0 Å². The number of anilines is 1. The third-order valence-corrected chi connectivity index (χ3v) is 3.29. The largest absolute Gasteiger partial charge is 0.465 e. The molecule has 2 rings (SSSR count). The number of methoxy groups -OCH3 is 1. The molecule has 2 aromatic rings. The second kappa shape index (κ2) is 5.73. The van der Waals surface area contributed by atoms with E-state index in [1.165, 1.54) is 7.11 Å². The Balaban J connectivity index is 2.13. The molecule has 0 bridgehead atoms. The maximum Gasteiger partial charge on any atom is 0.338 e. The molecule has 0 aromatic carbocycles. The first-order chi connectivity index (χ1) is 9.52. The van der Waals surface area contributed by atoms with Gasteiger partial charge >= 0.3 is 5.97 Å². The van der Waals surface area contributed by atoms with Gasteiger partial charge in [-0.05, 0) is 26.0 Å². The number of hydrogen-bond donors (Lipinski definition) is 1. The topological polar surface area (TPSA) is 69.0 Å². The first-order valence-corrected chi connectivity index (χ1v) is 6.30. The normalized spacial score (nSPS) is 10.4. The molecule has 20 heavy (non-hydrogen) atoms. The molecule has 1 N–H and O–H groups in total. The number of nitrogens with zero attached hydrogens (tertiary/aromatic N) is 3. The minimum atomic E-state index is -0.371. The number of nitrogens with one attached hydrogen (secondary N) is 1. The van der Waals surface area contributed by atoms with Gasteiger partial charge < -0.3 is 10.1 Å². The van der Waals surface area contributed by atoms with Crippen LogP contribution in [0.4, 0.5) is 5.82 Å². The number of hydrogen-bond acceptors (Lipinski definition) is 5. The monoisotopic (exact) mass is 274 g/mol. The number of carbonyl (C=O) groups is 1. The van der Waals surface area contributed by atoms with Gasteiger partial charge in [-0.1, -0.05) is 0 Å². The van der Waals surface area contributed by atoms with Gasteiger partial charge in [-0.3, -0.25) is 4.68 Å². The van der Waals surface area contributed by atoms with Crippen LogP contribution in [0, 0.1) is 13.8 Å². The Morgan fingerprint density at radius 2 is 2.20 bits per heavy atom. The van der Waals surface area contributed by atoms with Gasteiger partial charge in [-0.25, -0.2) is 9.78 Å². The molecule has 106 valence electrons. The van der Waals surface area contributed by atoms with Crippen LogP contribution in [0.3, 0.4) is 0 Å². The van der Waals surface area contributed by atoms with E-state index in [0.29, 0.717) is 17.9 Å². The van der Waals surface area contributed by atoms with Crippen molar-refractivity contribution >= 4 is 11.8 Å². The molecule has 0 saturated carbocycles. The van der Waals surface area contributed by atoms with E-state index in [1.807, 2.05) is 25.6 Å². The molecule has 0 saturated heterocycles. The Kier molecular flexibility index (Phi) is 4.02. The maximum atomic E-state index is 11.5. The van der Waals surface area contributed by atoms with Crippen molar-refractivity contribution in [2.75, 3.05) is 12.4 Å². The Hall–Kier alpha value is -2.37. The van der Waals surface area contributed by atoms with Crippen molar-refractivity contribution in [1.82, 2.24) is 14.8 Å². The van der Waals surface area contributed by atoms with E-state index >= 15 is 0 Å². The van der Waals surface area contributed by atoms with Crippen LogP contribution in [0.5, 0.6) is 0 Å². The number of rotatable bonds is 4. The molecule has 0 aliphatic rings. The van der Waals surface area contributed by atoms with Crippen molar-refractivity contribution in [2.24, 2.45) is 7.05 Å².